The Morgan fingerprint density at radius 1 is 1.02 bits per heavy atom. The van der Waals surface area contributed by atoms with Gasteiger partial charge in [-0.25, -0.2) is 22.9 Å². The summed E-state index contributed by atoms with van der Waals surface area (Å²) in [5.41, 5.74) is -0.447. The average molecular weight is 921 g/mol. The summed E-state index contributed by atoms with van der Waals surface area (Å²) in [5.74, 6) is -4.14. The highest BCUT2D eigenvalue weighted by Gasteiger charge is 2.61. The van der Waals surface area contributed by atoms with Gasteiger partial charge in [0.15, 0.2) is 0 Å². The highest BCUT2D eigenvalue weighted by molar-refractivity contribution is 7.90. The molecule has 0 radical (unpaired) electrons. The van der Waals surface area contributed by atoms with Crippen molar-refractivity contribution in [2.45, 2.75) is 74.6 Å². The van der Waals surface area contributed by atoms with Crippen LogP contribution in [0.2, 0.25) is 0 Å². The molecule has 66 heavy (non-hydrogen) atoms. The Balaban J connectivity index is 1.26. The molecule has 2 heterocycles. The van der Waals surface area contributed by atoms with E-state index in [0.29, 0.717) is 23.4 Å². The Hall–Kier alpha value is -7.21. The van der Waals surface area contributed by atoms with Crippen LogP contribution in [0.4, 0.5) is 14.9 Å². The van der Waals surface area contributed by atoms with Crippen LogP contribution < -0.4 is 20.1 Å². The van der Waals surface area contributed by atoms with Gasteiger partial charge in [-0.15, -0.1) is 6.58 Å². The number of hydrogen-bond acceptors (Lipinski definition) is 11. The Morgan fingerprint density at radius 2 is 1.71 bits per heavy atom. The summed E-state index contributed by atoms with van der Waals surface area (Å²) in [6.45, 7) is 8.60. The number of carbonyl (C=O) groups excluding carboxylic acids is 4. The molecule has 16 nitrogen and oxygen atoms in total. The molecule has 7 rings (SSSR count). The number of sulfonamides is 1. The molecule has 0 bridgehead atoms. The number of pyridine rings is 1. The van der Waals surface area contributed by atoms with Crippen molar-refractivity contribution in [2.75, 3.05) is 13.7 Å². The number of amides is 4. The molecule has 1 aromatic heterocycles. The quantitative estimate of drug-likeness (QED) is 0.0592. The van der Waals surface area contributed by atoms with Crippen LogP contribution in [-0.2, 0) is 42.0 Å². The van der Waals surface area contributed by atoms with Gasteiger partial charge in [0.05, 0.1) is 28.1 Å². The number of benzene rings is 4. The van der Waals surface area contributed by atoms with Gasteiger partial charge in [-0.1, -0.05) is 60.7 Å². The van der Waals surface area contributed by atoms with E-state index in [0.717, 1.165) is 28.6 Å². The normalized spacial score (nSPS) is 19.6. The Kier molecular flexibility index (Phi) is 13.3. The summed E-state index contributed by atoms with van der Waals surface area (Å²) < 4.78 is 54.2. The van der Waals surface area contributed by atoms with Crippen molar-refractivity contribution in [1.82, 2.24) is 25.2 Å². The molecule has 0 spiro atoms. The smallest absolute Gasteiger partial charge is 0.408 e. The minimum atomic E-state index is -4.36. The largest absolute Gasteiger partial charge is 0.497 e. The SMILES string of the molecule is C=C[C@@H]1C[C@]1(NC(=O)[C@@H]1C[C@@H](Cc2cc(-c3ccccc3)nc3cc(OC)ccc23)CN1C(=O)[C@H](Cc1ccc(F)c([N+](=O)[O-])c1)NC(=O)OC(C)(C)C)C(=O)NS(=O)(=O)c1ccccc1. The third kappa shape index (κ3) is 10.3. The van der Waals surface area contributed by atoms with Crippen LogP contribution in [-0.4, -0.2) is 83.9 Å². The van der Waals surface area contributed by atoms with Gasteiger partial charge in [0.2, 0.25) is 17.6 Å². The summed E-state index contributed by atoms with van der Waals surface area (Å²) in [7, 11) is -2.81. The van der Waals surface area contributed by atoms with E-state index >= 15 is 4.79 Å². The molecule has 1 aliphatic carbocycles. The minimum absolute atomic E-state index is 0.0172. The summed E-state index contributed by atoms with van der Waals surface area (Å²) in [6, 6.07) is 24.5. The number of methoxy groups -OCH3 is 1. The number of halogens is 1. The van der Waals surface area contributed by atoms with Crippen molar-refractivity contribution < 1.29 is 46.4 Å². The Labute approximate surface area is 380 Å². The Morgan fingerprint density at radius 3 is 2.35 bits per heavy atom. The number of aromatic nitrogens is 1. The highest BCUT2D eigenvalue weighted by atomic mass is 32.2. The summed E-state index contributed by atoms with van der Waals surface area (Å²) in [6.07, 6.45) is 0.466. The molecular weight excluding hydrogens is 872 g/mol. The molecule has 2 fully saturated rings. The summed E-state index contributed by atoms with van der Waals surface area (Å²) in [5, 5.41) is 17.8. The van der Waals surface area contributed by atoms with E-state index in [1.165, 1.54) is 41.3 Å². The number of likely N-dealkylation sites (tertiary alicyclic amines) is 1. The molecular formula is C48H49FN6O10S. The predicted molar refractivity (Wildman–Crippen MR) is 242 cm³/mol. The number of fused-ring (bicyclic) bond motifs is 1. The molecule has 18 heteroatoms. The number of carbonyl (C=O) groups is 4. The van der Waals surface area contributed by atoms with E-state index < -0.39 is 85.3 Å². The molecule has 4 aromatic carbocycles. The second-order valence-electron chi connectivity index (χ2n) is 17.4. The second-order valence-corrected chi connectivity index (χ2v) is 19.1. The molecule has 1 saturated heterocycles. The summed E-state index contributed by atoms with van der Waals surface area (Å²) in [4.78, 5) is 73.9. The van der Waals surface area contributed by atoms with Crippen molar-refractivity contribution in [3.8, 4) is 17.0 Å². The fourth-order valence-corrected chi connectivity index (χ4v) is 9.39. The average Bonchev–Trinajstić information content (AvgIpc) is 3.84. The first-order valence-electron chi connectivity index (χ1n) is 21.1. The van der Waals surface area contributed by atoms with E-state index in [-0.39, 0.29) is 36.3 Å². The van der Waals surface area contributed by atoms with Gasteiger partial charge in [0, 0.05) is 42.0 Å². The van der Waals surface area contributed by atoms with Crippen LogP contribution in [0.3, 0.4) is 0 Å². The molecule has 4 amide bonds. The number of nitro groups is 1. The van der Waals surface area contributed by atoms with Gasteiger partial charge in [0.1, 0.15) is 29.0 Å². The van der Waals surface area contributed by atoms with Crippen LogP contribution in [0.15, 0.2) is 121 Å². The number of nitrogens with zero attached hydrogens (tertiary/aromatic N) is 3. The molecule has 344 valence electrons. The summed E-state index contributed by atoms with van der Waals surface area (Å²) >= 11 is 0. The molecule has 5 atom stereocenters. The van der Waals surface area contributed by atoms with Gasteiger partial charge >= 0.3 is 11.8 Å². The molecule has 3 N–H and O–H groups in total. The van der Waals surface area contributed by atoms with Crippen LogP contribution in [0.1, 0.15) is 44.7 Å². The van der Waals surface area contributed by atoms with Gasteiger partial charge in [-0.2, -0.15) is 4.39 Å². The lowest BCUT2D eigenvalue weighted by atomic mass is 9.93. The standard InChI is InChI=1S/C48H49FN6O10S/c1-6-33-27-48(33,45(58)53-66(62,63)35-15-11-8-12-16-35)52-43(56)42-24-30(21-32-25-38(31-13-9-7-10-14-31)50-39-26-34(64-5)18-19-36(32)39)28-54(42)44(57)40(51-46(59)65-47(2,3)4)22-29-17-20-37(49)41(23-29)55(60)61/h6-20,23,25-26,30,33,40,42H,1,21-22,24,27-28H2,2-5H3,(H,51,59)(H,52,56)(H,53,58)/t30-,33-,40+,42+,48-/m1/s1. The van der Waals surface area contributed by atoms with Gasteiger partial charge in [0.25, 0.3) is 15.9 Å². The molecule has 1 saturated carbocycles. The second kappa shape index (κ2) is 18.7. The van der Waals surface area contributed by atoms with Crippen LogP contribution in [0.25, 0.3) is 22.2 Å². The van der Waals surface area contributed by atoms with Crippen molar-refractivity contribution in [1.29, 1.82) is 0 Å². The number of rotatable bonds is 15. The van der Waals surface area contributed by atoms with Gasteiger partial charge in [-0.3, -0.25) is 24.5 Å². The van der Waals surface area contributed by atoms with Crippen molar-refractivity contribution in [3.63, 3.8) is 0 Å². The number of nitrogens with one attached hydrogen (secondary N) is 3. The first kappa shape index (κ1) is 46.8. The van der Waals surface area contributed by atoms with E-state index in [4.69, 9.17) is 14.5 Å². The van der Waals surface area contributed by atoms with E-state index in [1.54, 1.807) is 40.0 Å². The number of nitro benzene ring substituents is 1. The van der Waals surface area contributed by atoms with Crippen LogP contribution in [0, 0.1) is 27.8 Å². The van der Waals surface area contributed by atoms with Gasteiger partial charge in [-0.05, 0) is 93.5 Å². The topological polar surface area (TPSA) is 216 Å². The maximum Gasteiger partial charge on any atom is 0.408 e. The molecule has 2 aliphatic rings. The number of ether oxygens (including phenoxy) is 2. The van der Waals surface area contributed by atoms with E-state index in [9.17, 15) is 37.3 Å². The first-order chi connectivity index (χ1) is 31.3. The zero-order chi connectivity index (χ0) is 47.6. The lowest BCUT2D eigenvalue weighted by Gasteiger charge is -2.30. The predicted octanol–water partition coefficient (Wildman–Crippen LogP) is 6.42. The fraction of sp³-hybridized carbons (Fsp3) is 0.312. The van der Waals surface area contributed by atoms with Crippen LogP contribution >= 0.6 is 0 Å². The fourth-order valence-electron chi connectivity index (χ4n) is 8.33. The zero-order valence-electron chi connectivity index (χ0n) is 36.7. The van der Waals surface area contributed by atoms with Crippen molar-refractivity contribution >= 4 is 50.4 Å². The van der Waals surface area contributed by atoms with E-state index in [1.807, 2.05) is 48.5 Å². The number of alkyl carbamates (subject to hydrolysis) is 1. The van der Waals surface area contributed by atoms with Crippen molar-refractivity contribution in [2.24, 2.45) is 11.8 Å². The Bertz CT molecular complexity index is 2820. The van der Waals surface area contributed by atoms with Crippen molar-refractivity contribution in [3.05, 3.63) is 143 Å². The number of hydrogen-bond donors (Lipinski definition) is 3. The molecule has 0 unspecified atom stereocenters. The lowest BCUT2D eigenvalue weighted by molar-refractivity contribution is -0.387. The first-order valence-corrected chi connectivity index (χ1v) is 22.6. The third-order valence-corrected chi connectivity index (χ3v) is 13.0. The van der Waals surface area contributed by atoms with Gasteiger partial charge < -0.3 is 25.0 Å². The third-order valence-electron chi connectivity index (χ3n) is 11.6. The monoisotopic (exact) mass is 920 g/mol. The lowest BCUT2D eigenvalue weighted by Crippen LogP contribution is -2.58. The zero-order valence-corrected chi connectivity index (χ0v) is 37.5. The van der Waals surface area contributed by atoms with E-state index in [2.05, 4.69) is 21.9 Å². The molecule has 1 aliphatic heterocycles. The highest BCUT2D eigenvalue weighted by Crippen LogP contribution is 2.45. The maximum absolute atomic E-state index is 15.0. The maximum atomic E-state index is 15.0. The van der Waals surface area contributed by atoms with Crippen LogP contribution in [0.5, 0.6) is 5.75 Å². The molecule has 5 aromatic rings. The minimum Gasteiger partial charge on any atom is -0.497 e.